The van der Waals surface area contributed by atoms with Crippen molar-refractivity contribution in [2.45, 2.75) is 25.2 Å². The van der Waals surface area contributed by atoms with Crippen LogP contribution in [0, 0.1) is 17.5 Å². The molecule has 1 atom stereocenters. The molecular weight excluding hydrogens is 205 g/mol. The van der Waals surface area contributed by atoms with Gasteiger partial charge in [-0.25, -0.2) is 13.2 Å². The van der Waals surface area contributed by atoms with E-state index in [0.29, 0.717) is 18.9 Å². The van der Waals surface area contributed by atoms with Crippen molar-refractivity contribution in [3.05, 3.63) is 35.1 Å². The van der Waals surface area contributed by atoms with Crippen LogP contribution in [0.3, 0.4) is 0 Å². The number of carbonyl (C=O) groups is 1. The maximum atomic E-state index is 13.3. The van der Waals surface area contributed by atoms with Gasteiger partial charge in [0.1, 0.15) is 11.6 Å². The van der Waals surface area contributed by atoms with Crippen molar-refractivity contribution < 1.29 is 18.0 Å². The second-order valence-electron chi connectivity index (χ2n) is 3.77. The number of hydrogen-bond acceptors (Lipinski definition) is 1. The Labute approximate surface area is 84.9 Å². The van der Waals surface area contributed by atoms with E-state index < -0.39 is 17.5 Å². The molecule has 1 aromatic carbocycles. The Morgan fingerprint density at radius 2 is 1.93 bits per heavy atom. The van der Waals surface area contributed by atoms with Gasteiger partial charge in [0, 0.05) is 18.9 Å². The summed E-state index contributed by atoms with van der Waals surface area (Å²) in [6.07, 6.45) is 1.01. The fraction of sp³-hybridized carbons (Fsp3) is 0.364. The summed E-state index contributed by atoms with van der Waals surface area (Å²) in [5, 5.41) is 0. The molecule has 1 nitrogen and oxygen atoms in total. The van der Waals surface area contributed by atoms with E-state index in [9.17, 15) is 18.0 Å². The van der Waals surface area contributed by atoms with E-state index in [0.717, 1.165) is 6.07 Å². The normalized spacial score (nSPS) is 21.0. The van der Waals surface area contributed by atoms with Crippen molar-refractivity contribution in [2.75, 3.05) is 0 Å². The van der Waals surface area contributed by atoms with Gasteiger partial charge in [-0.2, -0.15) is 0 Å². The van der Waals surface area contributed by atoms with Crippen LogP contribution >= 0.6 is 0 Å². The molecule has 1 fully saturated rings. The van der Waals surface area contributed by atoms with Crippen molar-refractivity contribution in [1.82, 2.24) is 0 Å². The van der Waals surface area contributed by atoms with E-state index in [2.05, 4.69) is 0 Å². The van der Waals surface area contributed by atoms with Gasteiger partial charge < -0.3 is 0 Å². The fourth-order valence-electron chi connectivity index (χ4n) is 1.95. The highest BCUT2D eigenvalue weighted by molar-refractivity contribution is 5.81. The zero-order valence-corrected chi connectivity index (χ0v) is 7.90. The first-order valence-corrected chi connectivity index (χ1v) is 4.74. The second-order valence-corrected chi connectivity index (χ2v) is 3.77. The first-order chi connectivity index (χ1) is 7.08. The molecule has 0 amide bonds. The third kappa shape index (κ3) is 1.89. The van der Waals surface area contributed by atoms with Crippen molar-refractivity contribution in [2.24, 2.45) is 0 Å². The standard InChI is InChI=1S/C11H9F3O/c12-7-4-9(11(14)10(13)5-7)6-1-2-8(15)3-6/h4-6H,1-3H2. The van der Waals surface area contributed by atoms with Crippen molar-refractivity contribution in [3.8, 4) is 0 Å². The third-order valence-corrected chi connectivity index (χ3v) is 2.71. The largest absolute Gasteiger partial charge is 0.300 e. The molecule has 15 heavy (non-hydrogen) atoms. The number of hydrogen-bond donors (Lipinski definition) is 0. The van der Waals surface area contributed by atoms with E-state index in [-0.39, 0.29) is 23.7 Å². The first kappa shape index (κ1) is 10.2. The number of rotatable bonds is 1. The highest BCUT2D eigenvalue weighted by atomic mass is 19.2. The molecule has 0 radical (unpaired) electrons. The number of carbonyl (C=O) groups excluding carboxylic acids is 1. The minimum Gasteiger partial charge on any atom is -0.300 e. The fourth-order valence-corrected chi connectivity index (χ4v) is 1.95. The Hall–Kier alpha value is -1.32. The molecule has 0 aromatic heterocycles. The molecule has 1 saturated carbocycles. The van der Waals surface area contributed by atoms with Crippen LogP contribution in [0.2, 0.25) is 0 Å². The van der Waals surface area contributed by atoms with E-state index in [1.165, 1.54) is 0 Å². The van der Waals surface area contributed by atoms with Crippen LogP contribution in [0.15, 0.2) is 12.1 Å². The molecule has 1 aliphatic rings. The minimum atomic E-state index is -1.19. The van der Waals surface area contributed by atoms with Crippen LogP contribution in [0.1, 0.15) is 30.7 Å². The van der Waals surface area contributed by atoms with Gasteiger partial charge >= 0.3 is 0 Å². The summed E-state index contributed by atoms with van der Waals surface area (Å²) in [6.45, 7) is 0. The van der Waals surface area contributed by atoms with E-state index in [1.54, 1.807) is 0 Å². The van der Waals surface area contributed by atoms with Crippen LogP contribution in [0.25, 0.3) is 0 Å². The zero-order valence-electron chi connectivity index (χ0n) is 7.90. The van der Waals surface area contributed by atoms with E-state index >= 15 is 0 Å². The van der Waals surface area contributed by atoms with Crippen LogP contribution in [0.4, 0.5) is 13.2 Å². The first-order valence-electron chi connectivity index (χ1n) is 4.74. The molecule has 80 valence electrons. The van der Waals surface area contributed by atoms with Crippen LogP contribution in [0.5, 0.6) is 0 Å². The van der Waals surface area contributed by atoms with E-state index in [4.69, 9.17) is 0 Å². The number of ketones is 1. The summed E-state index contributed by atoms with van der Waals surface area (Å²) in [5.41, 5.74) is -0.0154. The number of halogens is 3. The molecular formula is C11H9F3O. The molecule has 1 unspecified atom stereocenters. The summed E-state index contributed by atoms with van der Waals surface area (Å²) >= 11 is 0. The predicted octanol–water partition coefficient (Wildman–Crippen LogP) is 2.94. The SMILES string of the molecule is O=C1CCC(c2cc(F)cc(F)c2F)C1. The number of benzene rings is 1. The number of Topliss-reactive ketones (excluding diaryl/α,β-unsaturated/α-hetero) is 1. The highest BCUT2D eigenvalue weighted by Gasteiger charge is 2.27. The van der Waals surface area contributed by atoms with Gasteiger partial charge in [-0.05, 0) is 24.0 Å². The summed E-state index contributed by atoms with van der Waals surface area (Å²) in [5.74, 6) is -3.38. The third-order valence-electron chi connectivity index (χ3n) is 2.71. The molecule has 0 N–H and O–H groups in total. The second kappa shape index (κ2) is 3.68. The molecule has 0 heterocycles. The van der Waals surface area contributed by atoms with Gasteiger partial charge in [-0.15, -0.1) is 0 Å². The Kier molecular flexibility index (Phi) is 2.50. The average Bonchev–Trinajstić information content (AvgIpc) is 2.58. The lowest BCUT2D eigenvalue weighted by Crippen LogP contribution is -2.01. The minimum absolute atomic E-state index is 0.0154. The van der Waals surface area contributed by atoms with Gasteiger partial charge in [0.2, 0.25) is 0 Å². The van der Waals surface area contributed by atoms with Crippen LogP contribution < -0.4 is 0 Å². The van der Waals surface area contributed by atoms with E-state index in [1.807, 2.05) is 0 Å². The molecule has 4 heteroatoms. The monoisotopic (exact) mass is 214 g/mol. The van der Waals surface area contributed by atoms with Gasteiger partial charge in [-0.1, -0.05) is 0 Å². The molecule has 0 saturated heterocycles. The maximum Gasteiger partial charge on any atom is 0.162 e. The van der Waals surface area contributed by atoms with Crippen molar-refractivity contribution in [1.29, 1.82) is 0 Å². The lowest BCUT2D eigenvalue weighted by molar-refractivity contribution is -0.117. The average molecular weight is 214 g/mol. The Balaban J connectivity index is 2.39. The summed E-state index contributed by atoms with van der Waals surface area (Å²) in [4.78, 5) is 11.0. The van der Waals surface area contributed by atoms with Gasteiger partial charge in [0.15, 0.2) is 11.6 Å². The lowest BCUT2D eigenvalue weighted by atomic mass is 9.97. The topological polar surface area (TPSA) is 17.1 Å². The van der Waals surface area contributed by atoms with Crippen LogP contribution in [-0.2, 0) is 4.79 Å². The predicted molar refractivity (Wildman–Crippen MR) is 47.9 cm³/mol. The van der Waals surface area contributed by atoms with Gasteiger partial charge in [0.05, 0.1) is 0 Å². The molecule has 2 rings (SSSR count). The van der Waals surface area contributed by atoms with Crippen LogP contribution in [-0.4, -0.2) is 5.78 Å². The Morgan fingerprint density at radius 1 is 1.20 bits per heavy atom. The maximum absolute atomic E-state index is 13.3. The molecule has 0 spiro atoms. The quantitative estimate of drug-likeness (QED) is 0.657. The van der Waals surface area contributed by atoms with Crippen molar-refractivity contribution in [3.63, 3.8) is 0 Å². The summed E-state index contributed by atoms with van der Waals surface area (Å²) in [6, 6.07) is 1.48. The Morgan fingerprint density at radius 3 is 2.53 bits per heavy atom. The molecule has 0 bridgehead atoms. The molecule has 0 aliphatic heterocycles. The van der Waals surface area contributed by atoms with Gasteiger partial charge in [0.25, 0.3) is 0 Å². The smallest absolute Gasteiger partial charge is 0.162 e. The molecule has 1 aromatic rings. The Bertz CT molecular complexity index is 415. The zero-order chi connectivity index (χ0) is 11.0. The molecule has 1 aliphatic carbocycles. The highest BCUT2D eigenvalue weighted by Crippen LogP contribution is 2.34. The van der Waals surface area contributed by atoms with Crippen molar-refractivity contribution >= 4 is 5.78 Å². The summed E-state index contributed by atoms with van der Waals surface area (Å²) < 4.78 is 39.1. The van der Waals surface area contributed by atoms with Gasteiger partial charge in [-0.3, -0.25) is 4.79 Å². The summed E-state index contributed by atoms with van der Waals surface area (Å²) in [7, 11) is 0. The lowest BCUT2D eigenvalue weighted by Gasteiger charge is -2.10.